The van der Waals surface area contributed by atoms with Crippen LogP contribution in [0.2, 0.25) is 0 Å². The summed E-state index contributed by atoms with van der Waals surface area (Å²) in [4.78, 5) is 34.4. The van der Waals surface area contributed by atoms with Crippen molar-refractivity contribution in [3.63, 3.8) is 0 Å². The van der Waals surface area contributed by atoms with E-state index < -0.39 is 104 Å². The zero-order valence-electron chi connectivity index (χ0n) is 17.8. The van der Waals surface area contributed by atoms with E-state index in [1.54, 1.807) is 0 Å². The molecule has 3 rings (SSSR count). The first-order chi connectivity index (χ1) is 16.7. The molecule has 0 aromatic carbocycles. The van der Waals surface area contributed by atoms with Gasteiger partial charge in [-0.15, -0.1) is 0 Å². The summed E-state index contributed by atoms with van der Waals surface area (Å²) in [6, 6.07) is 0. The molecule has 1 unspecified atom stereocenters. The molecule has 18 heteroatoms. The van der Waals surface area contributed by atoms with Gasteiger partial charge in [-0.1, -0.05) is 0 Å². The minimum atomic E-state index is -2.24. The first-order valence-electron chi connectivity index (χ1n) is 10.2. The van der Waals surface area contributed by atoms with Crippen LogP contribution in [0.25, 0.3) is 0 Å². The van der Waals surface area contributed by atoms with Crippen molar-refractivity contribution >= 4 is 17.9 Å². The smallest absolute Gasteiger partial charge is 0.371 e. The number of hydrogen-bond donors (Lipinski definition) is 10. The SMILES string of the molecule is O=C(O)C1=C[C@H](O)[C@@H](O)[C@@H](O[C@@H]2[C@H](O)[C@@H](O)[C@@H](O[C@@H]3[C@H](O)[C@@H](O)C(O)O[C@@H]3C(=O)O)O[C@@H]2C(=O)O)O1. The lowest BCUT2D eigenvalue weighted by atomic mass is 9.96. The van der Waals surface area contributed by atoms with Crippen molar-refractivity contribution in [1.82, 2.24) is 0 Å². The molecule has 0 radical (unpaired) electrons. The summed E-state index contributed by atoms with van der Waals surface area (Å²) in [6.07, 6.45) is -26.7. The maximum atomic E-state index is 11.8. The van der Waals surface area contributed by atoms with Crippen molar-refractivity contribution in [3.8, 4) is 0 Å². The number of rotatable bonds is 7. The quantitative estimate of drug-likeness (QED) is 0.147. The predicted molar refractivity (Wildman–Crippen MR) is 101 cm³/mol. The third-order valence-electron chi connectivity index (χ3n) is 5.58. The summed E-state index contributed by atoms with van der Waals surface area (Å²) in [6.45, 7) is 0. The van der Waals surface area contributed by atoms with Gasteiger partial charge in [-0.05, 0) is 6.08 Å². The number of aliphatic carboxylic acids is 3. The third-order valence-corrected chi connectivity index (χ3v) is 5.58. The van der Waals surface area contributed by atoms with E-state index in [9.17, 15) is 60.3 Å². The maximum absolute atomic E-state index is 11.8. The molecule has 0 spiro atoms. The molecule has 204 valence electrons. The van der Waals surface area contributed by atoms with Gasteiger partial charge in [0, 0.05) is 0 Å². The second kappa shape index (κ2) is 10.9. The average Bonchev–Trinajstić information content (AvgIpc) is 2.80. The first-order valence-corrected chi connectivity index (χ1v) is 10.2. The summed E-state index contributed by atoms with van der Waals surface area (Å²) in [7, 11) is 0. The molecule has 3 aliphatic rings. The second-order valence-electron chi connectivity index (χ2n) is 8.02. The molecular formula is C18H24O18. The van der Waals surface area contributed by atoms with Crippen LogP contribution in [0, 0.1) is 0 Å². The highest BCUT2D eigenvalue weighted by molar-refractivity contribution is 5.84. The summed E-state index contributed by atoms with van der Waals surface area (Å²) < 4.78 is 24.9. The molecule has 0 saturated carbocycles. The van der Waals surface area contributed by atoms with E-state index in [2.05, 4.69) is 4.74 Å². The van der Waals surface area contributed by atoms with Gasteiger partial charge >= 0.3 is 17.9 Å². The van der Waals surface area contributed by atoms with Crippen LogP contribution in [-0.4, -0.2) is 149 Å². The lowest BCUT2D eigenvalue weighted by Gasteiger charge is -2.45. The van der Waals surface area contributed by atoms with Gasteiger partial charge in [-0.3, -0.25) is 0 Å². The molecule has 10 N–H and O–H groups in total. The zero-order valence-corrected chi connectivity index (χ0v) is 17.8. The normalized spacial score (nSPS) is 45.3. The largest absolute Gasteiger partial charge is 0.479 e. The summed E-state index contributed by atoms with van der Waals surface area (Å²) >= 11 is 0. The van der Waals surface area contributed by atoms with Gasteiger partial charge in [-0.25, -0.2) is 14.4 Å². The van der Waals surface area contributed by atoms with Crippen LogP contribution >= 0.6 is 0 Å². The van der Waals surface area contributed by atoms with Crippen LogP contribution in [-0.2, 0) is 38.1 Å². The Morgan fingerprint density at radius 1 is 0.667 bits per heavy atom. The molecule has 0 bridgehead atoms. The Bertz CT molecular complexity index is 876. The fraction of sp³-hybridized carbons (Fsp3) is 0.722. The lowest BCUT2D eigenvalue weighted by Crippen LogP contribution is -2.66. The third kappa shape index (κ3) is 5.43. The lowest BCUT2D eigenvalue weighted by molar-refractivity contribution is -0.358. The number of ether oxygens (including phenoxy) is 5. The van der Waals surface area contributed by atoms with Crippen molar-refractivity contribution in [1.29, 1.82) is 0 Å². The van der Waals surface area contributed by atoms with Crippen molar-refractivity contribution in [2.75, 3.05) is 0 Å². The molecule has 3 aliphatic heterocycles. The van der Waals surface area contributed by atoms with Gasteiger partial charge in [-0.2, -0.15) is 0 Å². The standard InChI is InChI=1S/C18H24O18/c19-2-1-3(13(25)26)32-17(4(2)20)34-10-6(22)8(24)18(36-12(10)15(29)30)35-9-5(21)7(23)16(31)33-11(9)14(27)28/h1-2,4-12,16-24,31H,(H,25,26)(H,27,28)(H,29,30)/t2-,4+,5+,6+,7+,8+,9+,10+,11-,12-,16?,17+,18-/m0/s1. The summed E-state index contributed by atoms with van der Waals surface area (Å²) in [5, 5.41) is 98.1. The first kappa shape index (κ1) is 28.1. The van der Waals surface area contributed by atoms with E-state index in [1.807, 2.05) is 0 Å². The van der Waals surface area contributed by atoms with E-state index >= 15 is 0 Å². The molecule has 2 saturated heterocycles. The van der Waals surface area contributed by atoms with Gasteiger partial charge in [0.25, 0.3) is 0 Å². The van der Waals surface area contributed by atoms with Crippen LogP contribution in [0.3, 0.4) is 0 Å². The number of aliphatic hydroxyl groups is 7. The van der Waals surface area contributed by atoms with Crippen molar-refractivity contribution in [2.24, 2.45) is 0 Å². The Kier molecular flexibility index (Phi) is 8.48. The molecule has 0 aliphatic carbocycles. The Morgan fingerprint density at radius 2 is 1.17 bits per heavy atom. The van der Waals surface area contributed by atoms with Gasteiger partial charge < -0.3 is 74.7 Å². The fourth-order valence-corrected chi connectivity index (χ4v) is 3.69. The van der Waals surface area contributed by atoms with Crippen LogP contribution in [0.4, 0.5) is 0 Å². The van der Waals surface area contributed by atoms with E-state index in [0.29, 0.717) is 6.08 Å². The van der Waals surface area contributed by atoms with Crippen molar-refractivity contribution < 1.29 is 89.1 Å². The van der Waals surface area contributed by atoms with Crippen LogP contribution in [0.1, 0.15) is 0 Å². The molecule has 3 heterocycles. The number of carboxylic acid groups (broad SMARTS) is 3. The Hall–Kier alpha value is -2.49. The van der Waals surface area contributed by atoms with Crippen molar-refractivity contribution in [2.45, 2.75) is 79.9 Å². The zero-order chi connectivity index (χ0) is 27.1. The maximum Gasteiger partial charge on any atom is 0.371 e. The van der Waals surface area contributed by atoms with Gasteiger partial charge in [0.2, 0.25) is 12.0 Å². The van der Waals surface area contributed by atoms with Crippen LogP contribution in [0.15, 0.2) is 11.8 Å². The fourth-order valence-electron chi connectivity index (χ4n) is 3.69. The minimum absolute atomic E-state index is 0.635. The van der Waals surface area contributed by atoms with Gasteiger partial charge in [0.05, 0.1) is 0 Å². The Labute approximate surface area is 199 Å². The monoisotopic (exact) mass is 528 g/mol. The number of carbonyl (C=O) groups is 3. The van der Waals surface area contributed by atoms with Gasteiger partial charge in [0.1, 0.15) is 48.8 Å². The van der Waals surface area contributed by atoms with E-state index in [-0.39, 0.29) is 0 Å². The Balaban J connectivity index is 1.81. The number of hydrogen-bond acceptors (Lipinski definition) is 15. The Morgan fingerprint density at radius 3 is 1.69 bits per heavy atom. The highest BCUT2D eigenvalue weighted by atomic mass is 16.8. The van der Waals surface area contributed by atoms with E-state index in [0.717, 1.165) is 0 Å². The summed E-state index contributed by atoms with van der Waals surface area (Å²) in [5.41, 5.74) is 0. The summed E-state index contributed by atoms with van der Waals surface area (Å²) in [5.74, 6) is -6.17. The molecule has 0 amide bonds. The van der Waals surface area contributed by atoms with E-state index in [1.165, 1.54) is 0 Å². The second-order valence-corrected chi connectivity index (χ2v) is 8.02. The topological polar surface area (TPSA) is 300 Å². The number of aliphatic hydroxyl groups excluding tert-OH is 7. The minimum Gasteiger partial charge on any atom is -0.479 e. The van der Waals surface area contributed by atoms with Crippen LogP contribution in [0.5, 0.6) is 0 Å². The molecule has 36 heavy (non-hydrogen) atoms. The van der Waals surface area contributed by atoms with E-state index in [4.69, 9.17) is 24.1 Å². The molecule has 0 aromatic heterocycles. The highest BCUT2D eigenvalue weighted by Crippen LogP contribution is 2.32. The molecule has 13 atom stereocenters. The molecule has 0 aromatic rings. The number of carboxylic acids is 3. The van der Waals surface area contributed by atoms with Crippen molar-refractivity contribution in [3.05, 3.63) is 11.8 Å². The average molecular weight is 528 g/mol. The predicted octanol–water partition coefficient (Wildman–Crippen LogP) is -6.14. The molecular weight excluding hydrogens is 504 g/mol. The molecule has 18 nitrogen and oxygen atoms in total. The molecule has 2 fully saturated rings. The van der Waals surface area contributed by atoms with Gasteiger partial charge in [0.15, 0.2) is 24.8 Å². The van der Waals surface area contributed by atoms with Crippen LogP contribution < -0.4 is 0 Å². The highest BCUT2D eigenvalue weighted by Gasteiger charge is 2.55.